The second-order valence-electron chi connectivity index (χ2n) is 1.80. The lowest BCUT2D eigenvalue weighted by molar-refractivity contribution is -0.0921. The van der Waals surface area contributed by atoms with E-state index in [9.17, 15) is 4.79 Å². The van der Waals surface area contributed by atoms with Gasteiger partial charge in [-0.25, -0.2) is 0 Å². The molecule has 0 fully saturated rings. The molecule has 0 aliphatic carbocycles. The van der Waals surface area contributed by atoms with E-state index in [1.807, 2.05) is 0 Å². The van der Waals surface area contributed by atoms with E-state index in [0.29, 0.717) is 17.6 Å². The van der Waals surface area contributed by atoms with Gasteiger partial charge in [-0.1, -0.05) is 16.6 Å². The third-order valence-corrected chi connectivity index (χ3v) is 1.23. The van der Waals surface area contributed by atoms with Crippen molar-refractivity contribution in [3.63, 3.8) is 0 Å². The molecule has 1 aromatic carbocycles. The summed E-state index contributed by atoms with van der Waals surface area (Å²) in [7, 11) is 0. The number of halogens is 1. The quantitative estimate of drug-likeness (QED) is 0.397. The predicted molar refractivity (Wildman–Crippen MR) is 39.4 cm³/mol. The Morgan fingerprint density at radius 3 is 2.73 bits per heavy atom. The van der Waals surface area contributed by atoms with E-state index in [1.54, 1.807) is 24.3 Å². The number of hydrogen-bond acceptors (Lipinski definition) is 3. The lowest BCUT2D eigenvalue weighted by Gasteiger charge is -1.99. The molecule has 0 radical (unpaired) electrons. The van der Waals surface area contributed by atoms with Crippen LogP contribution in [-0.2, 0) is 4.44 Å². The lowest BCUT2D eigenvalue weighted by Crippen LogP contribution is -1.90. The van der Waals surface area contributed by atoms with E-state index in [1.165, 1.54) is 0 Å². The molecule has 1 rings (SSSR count). The van der Waals surface area contributed by atoms with Crippen LogP contribution in [0.4, 0.5) is 0 Å². The summed E-state index contributed by atoms with van der Waals surface area (Å²) in [5, 5.41) is 0. The van der Waals surface area contributed by atoms with E-state index in [2.05, 4.69) is 9.33 Å². The molecule has 0 saturated carbocycles. The van der Waals surface area contributed by atoms with E-state index < -0.39 is 0 Å². The maximum absolute atomic E-state index is 10.3. The molecule has 0 aromatic heterocycles. The van der Waals surface area contributed by atoms with Gasteiger partial charge >= 0.3 is 0 Å². The molecule has 0 heterocycles. The average molecular weight is 173 g/mol. The van der Waals surface area contributed by atoms with Crippen molar-refractivity contribution in [3.8, 4) is 5.75 Å². The van der Waals surface area contributed by atoms with Gasteiger partial charge in [0, 0.05) is 0 Å². The number of rotatable bonds is 3. The average Bonchev–Trinajstić information content (AvgIpc) is 2.06. The summed E-state index contributed by atoms with van der Waals surface area (Å²) in [6, 6.07) is 6.59. The van der Waals surface area contributed by atoms with Gasteiger partial charge in [-0.05, 0) is 12.1 Å². The molecule has 0 bridgehead atoms. The minimum Gasteiger partial charge on any atom is -0.319 e. The summed E-state index contributed by atoms with van der Waals surface area (Å²) < 4.78 is 3.88. The van der Waals surface area contributed by atoms with Gasteiger partial charge < -0.3 is 4.89 Å². The SMILES string of the molecule is O=Cc1ccccc1OOCl. The maximum Gasteiger partial charge on any atom is 0.177 e. The highest BCUT2D eigenvalue weighted by Crippen LogP contribution is 2.15. The van der Waals surface area contributed by atoms with Crippen molar-refractivity contribution < 1.29 is 14.1 Å². The summed E-state index contributed by atoms with van der Waals surface area (Å²) in [5.41, 5.74) is 0.396. The van der Waals surface area contributed by atoms with Crippen molar-refractivity contribution in [2.45, 2.75) is 0 Å². The summed E-state index contributed by atoms with van der Waals surface area (Å²) in [6.07, 6.45) is 0.658. The highest BCUT2D eigenvalue weighted by Gasteiger charge is 2.00. The third-order valence-electron chi connectivity index (χ3n) is 1.17. The van der Waals surface area contributed by atoms with E-state index in [4.69, 9.17) is 11.9 Å². The number of benzene rings is 1. The van der Waals surface area contributed by atoms with Crippen LogP contribution in [0.3, 0.4) is 0 Å². The fourth-order valence-corrected chi connectivity index (χ4v) is 0.756. The zero-order chi connectivity index (χ0) is 8.10. The maximum atomic E-state index is 10.3. The third kappa shape index (κ3) is 1.93. The molecule has 4 heteroatoms. The summed E-state index contributed by atoms with van der Waals surface area (Å²) in [5.74, 6) is 0.303. The highest BCUT2D eigenvalue weighted by atomic mass is 35.5. The summed E-state index contributed by atoms with van der Waals surface area (Å²) >= 11 is 4.83. The van der Waals surface area contributed by atoms with Crippen molar-refractivity contribution in [1.82, 2.24) is 0 Å². The zero-order valence-corrected chi connectivity index (χ0v) is 6.25. The predicted octanol–water partition coefficient (Wildman–Crippen LogP) is 1.96. The van der Waals surface area contributed by atoms with Crippen LogP contribution in [0.2, 0.25) is 0 Å². The molecule has 0 spiro atoms. The van der Waals surface area contributed by atoms with Crippen LogP contribution in [0, 0.1) is 0 Å². The Labute approximate surface area is 68.6 Å². The first-order chi connectivity index (χ1) is 5.38. The Morgan fingerprint density at radius 1 is 1.36 bits per heavy atom. The minimum absolute atomic E-state index is 0.303. The molecule has 0 atom stereocenters. The van der Waals surface area contributed by atoms with Gasteiger partial charge in [0.2, 0.25) is 0 Å². The lowest BCUT2D eigenvalue weighted by atomic mass is 10.2. The minimum atomic E-state index is 0.303. The fourth-order valence-electron chi connectivity index (χ4n) is 0.688. The van der Waals surface area contributed by atoms with Crippen molar-refractivity contribution in [3.05, 3.63) is 29.8 Å². The molecule has 0 amide bonds. The Hall–Kier alpha value is -1.06. The smallest absolute Gasteiger partial charge is 0.177 e. The van der Waals surface area contributed by atoms with Gasteiger partial charge in [-0.2, -0.15) is 0 Å². The van der Waals surface area contributed by atoms with Gasteiger partial charge in [-0.3, -0.25) is 4.79 Å². The van der Waals surface area contributed by atoms with Crippen LogP contribution in [0.5, 0.6) is 5.75 Å². The van der Waals surface area contributed by atoms with Crippen molar-refractivity contribution in [2.75, 3.05) is 0 Å². The number of carbonyl (C=O) groups excluding carboxylic acids is 1. The topological polar surface area (TPSA) is 35.5 Å². The molecular formula is C7H5ClO3. The molecule has 3 nitrogen and oxygen atoms in total. The van der Waals surface area contributed by atoms with Crippen LogP contribution in [0.25, 0.3) is 0 Å². The summed E-state index contributed by atoms with van der Waals surface area (Å²) in [4.78, 5) is 14.8. The molecule has 1 aromatic rings. The first kappa shape index (κ1) is 8.04. The first-order valence-corrected chi connectivity index (χ1v) is 3.19. The van der Waals surface area contributed by atoms with Gasteiger partial charge in [-0.15, -0.1) is 0 Å². The summed E-state index contributed by atoms with van der Waals surface area (Å²) in [6.45, 7) is 0. The monoisotopic (exact) mass is 172 g/mol. The van der Waals surface area contributed by atoms with E-state index in [-0.39, 0.29) is 0 Å². The van der Waals surface area contributed by atoms with Gasteiger partial charge in [0.15, 0.2) is 12.0 Å². The molecule has 58 valence electrons. The van der Waals surface area contributed by atoms with Crippen LogP contribution >= 0.6 is 11.9 Å². The number of hydrogen-bond donors (Lipinski definition) is 0. The number of aldehydes is 1. The van der Waals surface area contributed by atoms with Gasteiger partial charge in [0.1, 0.15) is 11.9 Å². The van der Waals surface area contributed by atoms with Crippen LogP contribution in [0.15, 0.2) is 24.3 Å². The van der Waals surface area contributed by atoms with Crippen molar-refractivity contribution >= 4 is 18.2 Å². The first-order valence-electron chi connectivity index (χ1n) is 2.88. The molecule has 0 saturated heterocycles. The Bertz CT molecular complexity index is 249. The van der Waals surface area contributed by atoms with E-state index in [0.717, 1.165) is 0 Å². The Kier molecular flexibility index (Phi) is 2.89. The standard InChI is InChI=1S/C7H5ClO3/c8-11-10-7-4-2-1-3-6(7)5-9/h1-5H. The fraction of sp³-hybridized carbons (Fsp3) is 0. The normalized spacial score (nSPS) is 9.18. The second-order valence-corrected chi connectivity index (χ2v) is 1.93. The molecule has 0 N–H and O–H groups in total. The largest absolute Gasteiger partial charge is 0.319 e. The van der Waals surface area contributed by atoms with Crippen molar-refractivity contribution in [2.24, 2.45) is 0 Å². The second kappa shape index (κ2) is 3.95. The molecule has 0 aliphatic rings. The van der Waals surface area contributed by atoms with Crippen LogP contribution in [0.1, 0.15) is 10.4 Å². The molecule has 0 unspecified atom stereocenters. The highest BCUT2D eigenvalue weighted by molar-refractivity contribution is 6.06. The van der Waals surface area contributed by atoms with Crippen LogP contribution < -0.4 is 4.89 Å². The Balaban J connectivity index is 2.92. The zero-order valence-electron chi connectivity index (χ0n) is 5.49. The number of para-hydroxylation sites is 1. The van der Waals surface area contributed by atoms with Crippen LogP contribution in [-0.4, -0.2) is 6.29 Å². The molecular weight excluding hydrogens is 168 g/mol. The van der Waals surface area contributed by atoms with Gasteiger partial charge in [0.05, 0.1) is 5.56 Å². The van der Waals surface area contributed by atoms with E-state index >= 15 is 0 Å². The molecule has 0 aliphatic heterocycles. The molecule has 11 heavy (non-hydrogen) atoms. The Morgan fingerprint density at radius 2 is 2.09 bits per heavy atom. The van der Waals surface area contributed by atoms with Crippen molar-refractivity contribution in [1.29, 1.82) is 0 Å². The number of carbonyl (C=O) groups is 1. The van der Waals surface area contributed by atoms with Gasteiger partial charge in [0.25, 0.3) is 0 Å².